The second kappa shape index (κ2) is 12.2. The Hall–Kier alpha value is -5.14. The van der Waals surface area contributed by atoms with E-state index in [1.165, 1.54) is 12.1 Å². The van der Waals surface area contributed by atoms with Gasteiger partial charge >= 0.3 is 6.03 Å². The Kier molecular flexibility index (Phi) is 8.05. The van der Waals surface area contributed by atoms with E-state index in [4.69, 9.17) is 0 Å². The minimum absolute atomic E-state index is 0.0222. The molecule has 0 spiro atoms. The lowest BCUT2D eigenvalue weighted by molar-refractivity contribution is 0.148. The zero-order valence-electron chi connectivity index (χ0n) is 24.2. The van der Waals surface area contributed by atoms with Gasteiger partial charge in [0, 0.05) is 18.3 Å². The van der Waals surface area contributed by atoms with E-state index < -0.39 is 12.1 Å². The first-order chi connectivity index (χ1) is 21.3. The number of rotatable bonds is 8. The van der Waals surface area contributed by atoms with Gasteiger partial charge in [-0.05, 0) is 83.1 Å². The summed E-state index contributed by atoms with van der Waals surface area (Å²) >= 11 is 0. The number of amides is 2. The van der Waals surface area contributed by atoms with Crippen LogP contribution in [0.3, 0.4) is 0 Å². The van der Waals surface area contributed by atoms with Crippen LogP contribution >= 0.6 is 0 Å². The number of anilines is 1. The molecule has 1 aliphatic rings. The Balaban J connectivity index is 1.36. The fourth-order valence-corrected chi connectivity index (χ4v) is 6.07. The predicted molar refractivity (Wildman–Crippen MR) is 170 cm³/mol. The number of urea groups is 1. The second-order valence-corrected chi connectivity index (χ2v) is 11.2. The maximum absolute atomic E-state index is 13.9. The molecule has 6 rings (SSSR count). The molecule has 0 unspecified atom stereocenters. The van der Waals surface area contributed by atoms with Crippen molar-refractivity contribution < 1.29 is 24.5 Å². The van der Waals surface area contributed by atoms with E-state index in [9.17, 15) is 24.5 Å². The van der Waals surface area contributed by atoms with E-state index >= 15 is 0 Å². The van der Waals surface area contributed by atoms with Crippen molar-refractivity contribution in [2.75, 3.05) is 11.9 Å². The Morgan fingerprint density at radius 1 is 0.750 bits per heavy atom. The van der Waals surface area contributed by atoms with Crippen molar-refractivity contribution in [3.8, 4) is 33.8 Å². The molecule has 0 radical (unpaired) electrons. The smallest absolute Gasteiger partial charge is 0.325 e. The third-order valence-electron chi connectivity index (χ3n) is 8.42. The number of phenolic OH excluding ortho intramolecular Hbond substituents is 2. The normalized spacial score (nSPS) is 17.2. The number of carbonyl (C=O) groups excluding carboxylic acids is 1. The lowest BCUT2D eigenvalue weighted by atomic mass is 9.91. The molecule has 3 N–H and O–H groups in total. The van der Waals surface area contributed by atoms with Crippen LogP contribution in [0.25, 0.3) is 22.3 Å². The van der Waals surface area contributed by atoms with Crippen LogP contribution in [0.1, 0.15) is 36.1 Å². The van der Waals surface area contributed by atoms with Crippen molar-refractivity contribution in [1.82, 2.24) is 4.90 Å². The largest absolute Gasteiger partial charge is 0.508 e. The maximum Gasteiger partial charge on any atom is 0.325 e. The molecule has 3 atom stereocenters. The van der Waals surface area contributed by atoms with Crippen LogP contribution in [-0.2, 0) is 0 Å². The summed E-state index contributed by atoms with van der Waals surface area (Å²) in [6.07, 6.45) is -0.0915. The highest BCUT2D eigenvalue weighted by molar-refractivity contribution is 5.96. The molecule has 1 aliphatic heterocycles. The van der Waals surface area contributed by atoms with Crippen LogP contribution in [0.5, 0.6) is 11.5 Å². The van der Waals surface area contributed by atoms with Crippen molar-refractivity contribution in [1.29, 1.82) is 0 Å². The Labute approximate surface area is 255 Å². The highest BCUT2D eigenvalue weighted by Crippen LogP contribution is 2.45. The topological polar surface area (TPSA) is 84.2 Å². The second-order valence-electron chi connectivity index (χ2n) is 11.2. The fraction of sp³-hybridized carbons (Fsp3) is 0.162. The molecule has 0 saturated carbocycles. The molecule has 44 heavy (non-hydrogen) atoms. The lowest BCUT2D eigenvalue weighted by Gasteiger charge is -2.29. The summed E-state index contributed by atoms with van der Waals surface area (Å²) in [5, 5.41) is 32.3. The van der Waals surface area contributed by atoms with Crippen LogP contribution < -0.4 is 4.90 Å². The van der Waals surface area contributed by atoms with Gasteiger partial charge in [-0.1, -0.05) is 78.9 Å². The van der Waals surface area contributed by atoms with Gasteiger partial charge in [-0.2, -0.15) is 0 Å². The van der Waals surface area contributed by atoms with Gasteiger partial charge in [0.15, 0.2) is 0 Å². The molecule has 2 amide bonds. The van der Waals surface area contributed by atoms with Gasteiger partial charge in [0.25, 0.3) is 0 Å². The molecule has 222 valence electrons. The molecule has 7 heteroatoms. The van der Waals surface area contributed by atoms with Crippen molar-refractivity contribution in [2.45, 2.75) is 31.0 Å². The predicted octanol–water partition coefficient (Wildman–Crippen LogP) is 8.07. The molecule has 6 nitrogen and oxygen atoms in total. The van der Waals surface area contributed by atoms with Crippen LogP contribution in [0.4, 0.5) is 14.9 Å². The monoisotopic (exact) mass is 588 g/mol. The number of hydrogen-bond donors (Lipinski definition) is 3. The minimum Gasteiger partial charge on any atom is -0.508 e. The van der Waals surface area contributed by atoms with Gasteiger partial charge in [0.05, 0.1) is 18.2 Å². The van der Waals surface area contributed by atoms with Gasteiger partial charge in [0.2, 0.25) is 0 Å². The molecule has 5 aromatic rings. The number of benzene rings is 5. The first-order valence-electron chi connectivity index (χ1n) is 14.6. The molecule has 0 bridgehead atoms. The van der Waals surface area contributed by atoms with Crippen LogP contribution in [0.15, 0.2) is 121 Å². The number of phenols is 2. The van der Waals surface area contributed by atoms with Crippen molar-refractivity contribution >= 4 is 11.7 Å². The lowest BCUT2D eigenvalue weighted by Crippen LogP contribution is -2.31. The minimum atomic E-state index is -0.847. The maximum atomic E-state index is 13.9. The zero-order valence-corrected chi connectivity index (χ0v) is 24.2. The van der Waals surface area contributed by atoms with Crippen molar-refractivity contribution in [2.24, 2.45) is 0 Å². The summed E-state index contributed by atoms with van der Waals surface area (Å²) in [5.74, 6) is -0.228. The average Bonchev–Trinajstić information content (AvgIpc) is 3.29. The van der Waals surface area contributed by atoms with E-state index in [1.807, 2.05) is 72.8 Å². The van der Waals surface area contributed by atoms with Crippen LogP contribution in [-0.4, -0.2) is 39.3 Å². The van der Waals surface area contributed by atoms with Crippen LogP contribution in [0, 0.1) is 5.82 Å². The Morgan fingerprint density at radius 2 is 1.39 bits per heavy atom. The first kappa shape index (κ1) is 29.0. The van der Waals surface area contributed by atoms with Gasteiger partial charge in [-0.15, -0.1) is 0 Å². The number of likely N-dealkylation sites (N-methyl/N-ethyl adjacent to an activating group) is 1. The van der Waals surface area contributed by atoms with Gasteiger partial charge in [-0.3, -0.25) is 4.90 Å². The molecule has 0 aromatic heterocycles. The standard InChI is InChI=1S/C37H33FN2O4/c1-39-33(20-21-34(42)26-10-15-29(38)16-11-26)36(32-19-14-28(23-35(32)43)27-8-5-9-31(41)22-27)40(37(39)44)30-17-12-25(13-18-30)24-6-3-2-4-7-24/h2-19,22-23,33-34,36,41-43H,20-21H2,1H3/t33-,34-,36+/m0/s1. The molecular weight excluding hydrogens is 555 g/mol. The van der Waals surface area contributed by atoms with E-state index in [0.717, 1.165) is 22.3 Å². The summed E-state index contributed by atoms with van der Waals surface area (Å²) in [4.78, 5) is 17.2. The van der Waals surface area contributed by atoms with E-state index in [2.05, 4.69) is 0 Å². The zero-order chi connectivity index (χ0) is 30.8. The number of nitrogens with zero attached hydrogens (tertiary/aromatic N) is 2. The summed E-state index contributed by atoms with van der Waals surface area (Å²) in [5.41, 5.74) is 5.41. The molecule has 1 heterocycles. The number of aliphatic hydroxyl groups excluding tert-OH is 1. The van der Waals surface area contributed by atoms with E-state index in [-0.39, 0.29) is 29.4 Å². The molecule has 0 aliphatic carbocycles. The Bertz CT molecular complexity index is 1760. The fourth-order valence-electron chi connectivity index (χ4n) is 6.07. The van der Waals surface area contributed by atoms with Gasteiger partial charge < -0.3 is 20.2 Å². The molecule has 1 saturated heterocycles. The molecule has 5 aromatic carbocycles. The quantitative estimate of drug-likeness (QED) is 0.171. The number of aromatic hydroxyl groups is 2. The van der Waals surface area contributed by atoms with Gasteiger partial charge in [0.1, 0.15) is 17.3 Å². The average molecular weight is 589 g/mol. The number of halogens is 1. The summed E-state index contributed by atoms with van der Waals surface area (Å²) in [7, 11) is 1.74. The van der Waals surface area contributed by atoms with E-state index in [0.29, 0.717) is 29.7 Å². The first-order valence-corrected chi connectivity index (χ1v) is 14.6. The summed E-state index contributed by atoms with van der Waals surface area (Å²) < 4.78 is 13.5. The third kappa shape index (κ3) is 5.74. The van der Waals surface area contributed by atoms with Crippen molar-refractivity contribution in [3.05, 3.63) is 138 Å². The third-order valence-corrected chi connectivity index (χ3v) is 8.42. The number of carbonyl (C=O) groups is 1. The number of aliphatic hydroxyl groups is 1. The number of hydrogen-bond acceptors (Lipinski definition) is 4. The SMILES string of the molecule is CN1C(=O)N(c2ccc(-c3ccccc3)cc2)[C@H](c2ccc(-c3cccc(O)c3)cc2O)[C@@H]1CC[C@H](O)c1ccc(F)cc1. The summed E-state index contributed by atoms with van der Waals surface area (Å²) in [6, 6.07) is 34.5. The van der Waals surface area contributed by atoms with E-state index in [1.54, 1.807) is 53.2 Å². The van der Waals surface area contributed by atoms with Crippen LogP contribution in [0.2, 0.25) is 0 Å². The molecular formula is C37H33FN2O4. The molecule has 1 fully saturated rings. The summed E-state index contributed by atoms with van der Waals surface area (Å²) in [6.45, 7) is 0. The van der Waals surface area contributed by atoms with Crippen molar-refractivity contribution in [3.63, 3.8) is 0 Å². The Morgan fingerprint density at radius 3 is 2.07 bits per heavy atom. The highest BCUT2D eigenvalue weighted by Gasteiger charge is 2.46. The van der Waals surface area contributed by atoms with Gasteiger partial charge in [-0.25, -0.2) is 9.18 Å². The highest BCUT2D eigenvalue weighted by atomic mass is 19.1.